The average Bonchev–Trinajstić information content (AvgIpc) is 3.09. The van der Waals surface area contributed by atoms with Crippen molar-refractivity contribution in [1.82, 2.24) is 0 Å². The fraction of sp³-hybridized carbons (Fsp3) is 0.316. The van der Waals surface area contributed by atoms with Crippen molar-refractivity contribution < 1.29 is 23.9 Å². The number of hydrogen-bond donors (Lipinski definition) is 2. The number of rotatable bonds is 7. The molecule has 0 aromatic heterocycles. The molecule has 3 rings (SSSR count). The Morgan fingerprint density at radius 1 is 1.20 bits per heavy atom. The minimum Gasteiger partial charge on any atom is -0.488 e. The van der Waals surface area contributed by atoms with Gasteiger partial charge in [0, 0.05) is 11.8 Å². The number of ether oxygens (including phenoxy) is 3. The summed E-state index contributed by atoms with van der Waals surface area (Å²) in [6, 6.07) is 14.9. The van der Waals surface area contributed by atoms with Gasteiger partial charge in [0.2, 0.25) is 6.79 Å². The van der Waals surface area contributed by atoms with Crippen LogP contribution in [0.1, 0.15) is 6.92 Å². The fourth-order valence-electron chi connectivity index (χ4n) is 2.51. The Morgan fingerprint density at radius 3 is 2.76 bits per heavy atom. The zero-order chi connectivity index (χ0) is 17.6. The van der Waals surface area contributed by atoms with Gasteiger partial charge >= 0.3 is 0 Å². The molecule has 0 saturated heterocycles. The van der Waals surface area contributed by atoms with Crippen molar-refractivity contribution in [3.8, 4) is 17.2 Å². The predicted octanol–water partition coefficient (Wildman–Crippen LogP) is 1.34. The van der Waals surface area contributed by atoms with E-state index in [4.69, 9.17) is 14.2 Å². The molecule has 0 spiro atoms. The second-order valence-electron chi connectivity index (χ2n) is 6.04. The van der Waals surface area contributed by atoms with Crippen LogP contribution >= 0.6 is 0 Å². The summed E-state index contributed by atoms with van der Waals surface area (Å²) in [6.45, 7) is 3.40. The summed E-state index contributed by atoms with van der Waals surface area (Å²) in [5.41, 5.74) is 0.703. The molecular weight excluding hydrogens is 320 g/mol. The van der Waals surface area contributed by atoms with Gasteiger partial charge in [-0.2, -0.15) is 0 Å². The molecule has 0 bridgehead atoms. The van der Waals surface area contributed by atoms with E-state index >= 15 is 0 Å². The van der Waals surface area contributed by atoms with Crippen LogP contribution in [0, 0.1) is 0 Å². The van der Waals surface area contributed by atoms with Crippen LogP contribution in [0.25, 0.3) is 0 Å². The van der Waals surface area contributed by atoms with Gasteiger partial charge in [-0.3, -0.25) is 4.79 Å². The predicted molar refractivity (Wildman–Crippen MR) is 94.3 cm³/mol. The second-order valence-corrected chi connectivity index (χ2v) is 6.04. The molecule has 0 radical (unpaired) electrons. The van der Waals surface area contributed by atoms with E-state index in [1.807, 2.05) is 50.4 Å². The molecule has 1 aliphatic heterocycles. The minimum absolute atomic E-state index is 0.0453. The topological polar surface area (TPSA) is 61.2 Å². The van der Waals surface area contributed by atoms with Crippen LogP contribution in [-0.4, -0.2) is 38.9 Å². The van der Waals surface area contributed by atoms with Gasteiger partial charge in [-0.15, -0.1) is 0 Å². The van der Waals surface area contributed by atoms with Crippen LogP contribution in [0.4, 0.5) is 5.69 Å². The molecule has 132 valence electrons. The fourth-order valence-corrected chi connectivity index (χ4v) is 2.51. The first kappa shape index (κ1) is 17.1. The molecule has 0 aliphatic carbocycles. The van der Waals surface area contributed by atoms with Crippen molar-refractivity contribution in [2.45, 2.75) is 13.0 Å². The standard InChI is InChI=1S/C19H22N2O4/c1-14(21(2)10-11-23-16-6-4-3-5-7-16)19(22)20-15-8-9-17-18(12-15)25-13-24-17/h3-9,12,14H,10-11,13H2,1-2H3,(H,20,22)/p+1/t14-/m0/s1. The quantitative estimate of drug-likeness (QED) is 0.796. The van der Waals surface area contributed by atoms with Gasteiger partial charge in [0.25, 0.3) is 5.91 Å². The average molecular weight is 343 g/mol. The van der Waals surface area contributed by atoms with E-state index in [2.05, 4.69) is 5.32 Å². The van der Waals surface area contributed by atoms with E-state index in [-0.39, 0.29) is 18.7 Å². The Hall–Kier alpha value is -2.73. The first-order valence-corrected chi connectivity index (χ1v) is 8.34. The molecule has 2 aromatic carbocycles. The third-order valence-electron chi connectivity index (χ3n) is 4.28. The van der Waals surface area contributed by atoms with Gasteiger partial charge in [-0.1, -0.05) is 18.2 Å². The highest BCUT2D eigenvalue weighted by Crippen LogP contribution is 2.34. The summed E-state index contributed by atoms with van der Waals surface area (Å²) < 4.78 is 16.3. The van der Waals surface area contributed by atoms with Crippen LogP contribution in [-0.2, 0) is 4.79 Å². The number of benzene rings is 2. The monoisotopic (exact) mass is 343 g/mol. The molecule has 1 amide bonds. The maximum Gasteiger partial charge on any atom is 0.282 e. The Bertz CT molecular complexity index is 721. The summed E-state index contributed by atoms with van der Waals surface area (Å²) >= 11 is 0. The lowest BCUT2D eigenvalue weighted by Crippen LogP contribution is -3.14. The minimum atomic E-state index is -0.204. The lowest BCUT2D eigenvalue weighted by molar-refractivity contribution is -0.894. The van der Waals surface area contributed by atoms with Gasteiger partial charge in [-0.05, 0) is 31.2 Å². The van der Waals surface area contributed by atoms with Crippen molar-refractivity contribution in [2.75, 3.05) is 32.3 Å². The Morgan fingerprint density at radius 2 is 1.96 bits per heavy atom. The number of nitrogens with one attached hydrogen (secondary N) is 2. The molecule has 1 aliphatic rings. The first-order chi connectivity index (χ1) is 12.1. The number of quaternary nitrogens is 1. The van der Waals surface area contributed by atoms with Crippen LogP contribution in [0.3, 0.4) is 0 Å². The second kappa shape index (κ2) is 7.90. The normalized spacial score (nSPS) is 14.6. The molecule has 0 saturated carbocycles. The number of carbonyl (C=O) groups excluding carboxylic acids is 1. The van der Waals surface area contributed by atoms with E-state index in [0.717, 1.165) is 17.2 Å². The molecule has 6 heteroatoms. The Labute approximate surface area is 147 Å². The molecule has 2 atom stereocenters. The molecule has 0 fully saturated rings. The van der Waals surface area contributed by atoms with Gasteiger partial charge in [0.05, 0.1) is 7.05 Å². The number of para-hydroxylation sites is 1. The SMILES string of the molecule is C[C@@H](C(=O)Nc1ccc2c(c1)OCO2)[NH+](C)CCOc1ccccc1. The maximum atomic E-state index is 12.4. The van der Waals surface area contributed by atoms with Crippen molar-refractivity contribution in [3.05, 3.63) is 48.5 Å². The van der Waals surface area contributed by atoms with Gasteiger partial charge < -0.3 is 24.4 Å². The molecule has 2 N–H and O–H groups in total. The van der Waals surface area contributed by atoms with E-state index in [9.17, 15) is 4.79 Å². The van der Waals surface area contributed by atoms with Crippen molar-refractivity contribution in [1.29, 1.82) is 0 Å². The molecule has 6 nitrogen and oxygen atoms in total. The van der Waals surface area contributed by atoms with Crippen molar-refractivity contribution in [2.24, 2.45) is 0 Å². The Kier molecular flexibility index (Phi) is 5.40. The Balaban J connectivity index is 1.47. The van der Waals surface area contributed by atoms with Crippen molar-refractivity contribution >= 4 is 11.6 Å². The van der Waals surface area contributed by atoms with Crippen LogP contribution in [0.2, 0.25) is 0 Å². The highest BCUT2D eigenvalue weighted by Gasteiger charge is 2.22. The van der Waals surface area contributed by atoms with Gasteiger partial charge in [0.15, 0.2) is 17.5 Å². The molecule has 1 unspecified atom stereocenters. The largest absolute Gasteiger partial charge is 0.488 e. The third kappa shape index (κ3) is 4.42. The molecule has 2 aromatic rings. The maximum absolute atomic E-state index is 12.4. The van der Waals surface area contributed by atoms with E-state index < -0.39 is 0 Å². The van der Waals surface area contributed by atoms with E-state index in [0.29, 0.717) is 23.8 Å². The van der Waals surface area contributed by atoms with Gasteiger partial charge in [-0.25, -0.2) is 0 Å². The van der Waals surface area contributed by atoms with Crippen LogP contribution in [0.15, 0.2) is 48.5 Å². The lowest BCUT2D eigenvalue weighted by Gasteiger charge is -2.21. The number of hydrogen-bond acceptors (Lipinski definition) is 4. The van der Waals surface area contributed by atoms with Crippen molar-refractivity contribution in [3.63, 3.8) is 0 Å². The summed E-state index contributed by atoms with van der Waals surface area (Å²) in [4.78, 5) is 13.5. The summed E-state index contributed by atoms with van der Waals surface area (Å²) in [5, 5.41) is 2.92. The zero-order valence-electron chi connectivity index (χ0n) is 14.5. The molecule has 25 heavy (non-hydrogen) atoms. The van der Waals surface area contributed by atoms with Gasteiger partial charge in [0.1, 0.15) is 18.9 Å². The van der Waals surface area contributed by atoms with E-state index in [1.54, 1.807) is 12.1 Å². The van der Waals surface area contributed by atoms with Crippen LogP contribution in [0.5, 0.6) is 17.2 Å². The van der Waals surface area contributed by atoms with E-state index in [1.165, 1.54) is 0 Å². The lowest BCUT2D eigenvalue weighted by atomic mass is 10.2. The number of amides is 1. The number of carbonyl (C=O) groups is 1. The summed E-state index contributed by atoms with van der Waals surface area (Å²) in [6.07, 6.45) is 0. The number of fused-ring (bicyclic) bond motifs is 1. The number of likely N-dealkylation sites (N-methyl/N-ethyl adjacent to an activating group) is 1. The molecule has 1 heterocycles. The summed E-state index contributed by atoms with van der Waals surface area (Å²) in [7, 11) is 1.98. The highest BCUT2D eigenvalue weighted by molar-refractivity contribution is 5.93. The number of anilines is 1. The molecular formula is C19H23N2O4+. The summed E-state index contributed by atoms with van der Waals surface area (Å²) in [5.74, 6) is 2.15. The zero-order valence-corrected chi connectivity index (χ0v) is 14.5. The van der Waals surface area contributed by atoms with Crippen LogP contribution < -0.4 is 24.4 Å². The highest BCUT2D eigenvalue weighted by atomic mass is 16.7. The third-order valence-corrected chi connectivity index (χ3v) is 4.28. The smallest absolute Gasteiger partial charge is 0.282 e. The first-order valence-electron chi connectivity index (χ1n) is 8.34.